The molecule has 2 N–H and O–H groups in total. The van der Waals surface area contributed by atoms with Crippen molar-refractivity contribution in [2.45, 2.75) is 13.8 Å². The Labute approximate surface area is 150 Å². The first kappa shape index (κ1) is 17.0. The summed E-state index contributed by atoms with van der Waals surface area (Å²) in [5.41, 5.74) is 4.15. The number of carbonyl (C=O) groups is 1. The van der Waals surface area contributed by atoms with E-state index in [1.807, 2.05) is 56.3 Å². The number of aryl methyl sites for hydroxylation is 2. The Kier molecular flexibility index (Phi) is 5.00. The first-order chi connectivity index (χ1) is 12.0. The average Bonchev–Trinajstić information content (AvgIpc) is 3.04. The third kappa shape index (κ3) is 4.16. The van der Waals surface area contributed by atoms with E-state index < -0.39 is 0 Å². The first-order valence-electron chi connectivity index (χ1n) is 7.80. The van der Waals surface area contributed by atoms with E-state index in [2.05, 4.69) is 15.6 Å². The Balaban J connectivity index is 1.74. The minimum atomic E-state index is -0.230. The smallest absolute Gasteiger partial charge is 0.275 e. The summed E-state index contributed by atoms with van der Waals surface area (Å²) < 4.78 is 5.35. The molecule has 0 aliphatic rings. The highest BCUT2D eigenvalue weighted by molar-refractivity contribution is 7.14. The van der Waals surface area contributed by atoms with E-state index in [9.17, 15) is 4.79 Å². The predicted molar refractivity (Wildman–Crippen MR) is 102 cm³/mol. The Hall–Kier alpha value is -2.86. The zero-order chi connectivity index (χ0) is 17.8. The summed E-state index contributed by atoms with van der Waals surface area (Å²) in [4.78, 5) is 16.7. The van der Waals surface area contributed by atoms with Crippen molar-refractivity contribution < 1.29 is 9.53 Å². The number of methoxy groups -OCH3 is 1. The van der Waals surface area contributed by atoms with Gasteiger partial charge in [0.2, 0.25) is 0 Å². The summed E-state index contributed by atoms with van der Waals surface area (Å²) >= 11 is 1.37. The number of hydrogen-bond acceptors (Lipinski definition) is 5. The second-order valence-corrected chi connectivity index (χ2v) is 6.55. The van der Waals surface area contributed by atoms with Crippen molar-refractivity contribution in [3.05, 3.63) is 64.7 Å². The Morgan fingerprint density at radius 3 is 2.68 bits per heavy atom. The molecule has 1 heterocycles. The van der Waals surface area contributed by atoms with Crippen molar-refractivity contribution in [3.8, 4) is 5.75 Å². The highest BCUT2D eigenvalue weighted by Gasteiger charge is 2.12. The van der Waals surface area contributed by atoms with Crippen LogP contribution in [0.1, 0.15) is 21.6 Å². The van der Waals surface area contributed by atoms with Crippen molar-refractivity contribution in [2.24, 2.45) is 0 Å². The van der Waals surface area contributed by atoms with Gasteiger partial charge >= 0.3 is 0 Å². The average molecular weight is 353 g/mol. The van der Waals surface area contributed by atoms with Gasteiger partial charge in [-0.1, -0.05) is 18.2 Å². The van der Waals surface area contributed by atoms with Crippen LogP contribution >= 0.6 is 11.3 Å². The molecule has 0 aliphatic heterocycles. The van der Waals surface area contributed by atoms with Crippen LogP contribution in [0.5, 0.6) is 5.75 Å². The Morgan fingerprint density at radius 1 is 1.12 bits per heavy atom. The number of carbonyl (C=O) groups excluding carboxylic acids is 1. The second-order valence-electron chi connectivity index (χ2n) is 5.69. The third-order valence-corrected chi connectivity index (χ3v) is 4.37. The summed E-state index contributed by atoms with van der Waals surface area (Å²) in [5, 5.41) is 8.44. The number of ether oxygens (including phenoxy) is 1. The van der Waals surface area contributed by atoms with Gasteiger partial charge in [0.05, 0.1) is 12.8 Å². The number of anilines is 3. The summed E-state index contributed by atoms with van der Waals surface area (Å²) in [5.74, 6) is 0.498. The van der Waals surface area contributed by atoms with Gasteiger partial charge in [-0.15, -0.1) is 11.3 Å². The number of aromatic nitrogens is 1. The van der Waals surface area contributed by atoms with Gasteiger partial charge in [0, 0.05) is 11.1 Å². The van der Waals surface area contributed by atoms with Crippen LogP contribution in [0.4, 0.5) is 16.5 Å². The number of benzene rings is 2. The number of rotatable bonds is 5. The Bertz CT molecular complexity index is 905. The lowest BCUT2D eigenvalue weighted by atomic mass is 10.2. The predicted octanol–water partition coefficient (Wildman–Crippen LogP) is 4.76. The van der Waals surface area contributed by atoms with Crippen molar-refractivity contribution >= 4 is 33.8 Å². The highest BCUT2D eigenvalue weighted by Crippen LogP contribution is 2.30. The molecule has 2 aromatic carbocycles. The third-order valence-electron chi connectivity index (χ3n) is 3.61. The van der Waals surface area contributed by atoms with Crippen molar-refractivity contribution in [1.82, 2.24) is 4.98 Å². The fourth-order valence-electron chi connectivity index (χ4n) is 2.39. The molecule has 0 aliphatic carbocycles. The number of nitrogens with one attached hydrogen (secondary N) is 2. The van der Waals surface area contributed by atoms with Gasteiger partial charge in [-0.05, 0) is 49.2 Å². The molecule has 128 valence electrons. The van der Waals surface area contributed by atoms with E-state index in [-0.39, 0.29) is 5.91 Å². The van der Waals surface area contributed by atoms with Crippen LogP contribution in [0.3, 0.4) is 0 Å². The molecule has 0 saturated heterocycles. The van der Waals surface area contributed by atoms with E-state index in [0.717, 1.165) is 28.3 Å². The van der Waals surface area contributed by atoms with Crippen LogP contribution in [0.15, 0.2) is 47.8 Å². The van der Waals surface area contributed by atoms with Crippen LogP contribution in [0, 0.1) is 13.8 Å². The van der Waals surface area contributed by atoms with E-state index in [1.54, 1.807) is 12.5 Å². The highest BCUT2D eigenvalue weighted by atomic mass is 32.1. The molecule has 1 aromatic heterocycles. The van der Waals surface area contributed by atoms with Gasteiger partial charge in [0.1, 0.15) is 11.4 Å². The van der Waals surface area contributed by atoms with E-state index in [1.165, 1.54) is 11.3 Å². The molecule has 1 amide bonds. The molecular weight excluding hydrogens is 334 g/mol. The molecule has 0 saturated carbocycles. The molecular formula is C19H19N3O2S. The van der Waals surface area contributed by atoms with Crippen LogP contribution in [0.25, 0.3) is 0 Å². The van der Waals surface area contributed by atoms with Crippen LogP contribution in [-0.2, 0) is 0 Å². The van der Waals surface area contributed by atoms with E-state index in [4.69, 9.17) is 4.74 Å². The standard InChI is InChI=1S/C19H19N3O2S/c1-12-5-4-6-14(9-12)20-18(23)16-11-25-19(22-16)21-15-10-13(2)7-8-17(15)24-3/h4-11H,1-3H3,(H,20,23)(H,21,22). The van der Waals surface area contributed by atoms with Crippen molar-refractivity contribution in [1.29, 1.82) is 0 Å². The zero-order valence-electron chi connectivity index (χ0n) is 14.3. The normalized spacial score (nSPS) is 10.4. The van der Waals surface area contributed by atoms with E-state index in [0.29, 0.717) is 10.8 Å². The molecule has 0 bridgehead atoms. The van der Waals surface area contributed by atoms with Crippen LogP contribution in [0.2, 0.25) is 0 Å². The minimum absolute atomic E-state index is 0.230. The summed E-state index contributed by atoms with van der Waals surface area (Å²) in [6.07, 6.45) is 0. The molecule has 5 nitrogen and oxygen atoms in total. The zero-order valence-corrected chi connectivity index (χ0v) is 15.1. The molecule has 0 spiro atoms. The maximum absolute atomic E-state index is 12.3. The summed E-state index contributed by atoms with van der Waals surface area (Å²) in [6.45, 7) is 3.99. The molecule has 6 heteroatoms. The molecule has 3 rings (SSSR count). The lowest BCUT2D eigenvalue weighted by molar-refractivity contribution is 0.102. The summed E-state index contributed by atoms with van der Waals surface area (Å²) in [6, 6.07) is 13.5. The second kappa shape index (κ2) is 7.36. The van der Waals surface area contributed by atoms with Crippen molar-refractivity contribution in [3.63, 3.8) is 0 Å². The quantitative estimate of drug-likeness (QED) is 0.694. The molecule has 0 radical (unpaired) electrons. The minimum Gasteiger partial charge on any atom is -0.495 e. The number of amides is 1. The van der Waals surface area contributed by atoms with E-state index >= 15 is 0 Å². The van der Waals surface area contributed by atoms with Gasteiger partial charge in [0.25, 0.3) is 5.91 Å². The molecule has 0 fully saturated rings. The van der Waals surface area contributed by atoms with Gasteiger partial charge in [-0.25, -0.2) is 4.98 Å². The van der Waals surface area contributed by atoms with Crippen LogP contribution < -0.4 is 15.4 Å². The molecule has 0 atom stereocenters. The van der Waals surface area contributed by atoms with Gasteiger partial charge in [-0.2, -0.15) is 0 Å². The first-order valence-corrected chi connectivity index (χ1v) is 8.68. The Morgan fingerprint density at radius 2 is 1.92 bits per heavy atom. The monoisotopic (exact) mass is 353 g/mol. The fourth-order valence-corrected chi connectivity index (χ4v) is 3.09. The maximum Gasteiger partial charge on any atom is 0.275 e. The fraction of sp³-hybridized carbons (Fsp3) is 0.158. The van der Waals surface area contributed by atoms with Crippen molar-refractivity contribution in [2.75, 3.05) is 17.7 Å². The maximum atomic E-state index is 12.3. The number of nitrogens with zero attached hydrogens (tertiary/aromatic N) is 1. The SMILES string of the molecule is COc1ccc(C)cc1Nc1nc(C(=O)Nc2cccc(C)c2)cs1. The van der Waals surface area contributed by atoms with Gasteiger partial charge in [-0.3, -0.25) is 4.79 Å². The van der Waals surface area contributed by atoms with Gasteiger partial charge in [0.15, 0.2) is 5.13 Å². The molecule has 25 heavy (non-hydrogen) atoms. The lowest BCUT2D eigenvalue weighted by Gasteiger charge is -2.09. The van der Waals surface area contributed by atoms with Gasteiger partial charge < -0.3 is 15.4 Å². The molecule has 3 aromatic rings. The lowest BCUT2D eigenvalue weighted by Crippen LogP contribution is -2.12. The number of thiazole rings is 1. The number of hydrogen-bond donors (Lipinski definition) is 2. The van der Waals surface area contributed by atoms with Crippen LogP contribution in [-0.4, -0.2) is 18.0 Å². The largest absolute Gasteiger partial charge is 0.495 e. The molecule has 0 unspecified atom stereocenters. The topological polar surface area (TPSA) is 63.2 Å². The summed E-state index contributed by atoms with van der Waals surface area (Å²) in [7, 11) is 1.62.